The normalized spacial score (nSPS) is 10.8. The Morgan fingerprint density at radius 2 is 1.56 bits per heavy atom. The van der Waals surface area contributed by atoms with Gasteiger partial charge in [-0.25, -0.2) is 0 Å². The van der Waals surface area contributed by atoms with Gasteiger partial charge in [0.2, 0.25) is 0 Å². The minimum Gasteiger partial charge on any atom is -0.545 e. The molecule has 0 aliphatic heterocycles. The van der Waals surface area contributed by atoms with Crippen molar-refractivity contribution in [2.45, 2.75) is 20.3 Å². The van der Waals surface area contributed by atoms with E-state index in [9.17, 15) is 24.6 Å². The number of nitrogens with two attached hydrogens (primary N) is 1. The molecular formula is C16H17NNa2O6. The maximum Gasteiger partial charge on any atom is 1.00 e. The number of primary amides is 1. The molecule has 0 aliphatic rings. The molecule has 1 rings (SSSR count). The van der Waals surface area contributed by atoms with Gasteiger partial charge in [0.1, 0.15) is 5.75 Å². The van der Waals surface area contributed by atoms with Gasteiger partial charge >= 0.3 is 59.1 Å². The maximum atomic E-state index is 11.3. The van der Waals surface area contributed by atoms with Crippen molar-refractivity contribution in [1.82, 2.24) is 0 Å². The van der Waals surface area contributed by atoms with E-state index in [1.54, 1.807) is 26.0 Å². The van der Waals surface area contributed by atoms with Gasteiger partial charge in [0.15, 0.2) is 6.61 Å². The summed E-state index contributed by atoms with van der Waals surface area (Å²) in [5.41, 5.74) is 4.89. The number of aliphatic carboxylic acids is 2. The average Bonchev–Trinajstić information content (AvgIpc) is 2.44. The summed E-state index contributed by atoms with van der Waals surface area (Å²) in [5, 5.41) is 22.4. The van der Waals surface area contributed by atoms with Gasteiger partial charge in [-0.1, -0.05) is 26.0 Å². The predicted octanol–water partition coefficient (Wildman–Crippen LogP) is -7.45. The first kappa shape index (κ1) is 26.4. The SMILES string of the molecule is CC(C)C(C(=O)[O-])=C(Cc1ccc(OCC(N)=O)cc1)C(=O)[O-].[Na+].[Na+]. The fraction of sp³-hybridized carbons (Fsp3) is 0.312. The molecule has 25 heavy (non-hydrogen) atoms. The molecule has 1 amide bonds. The quantitative estimate of drug-likeness (QED) is 0.359. The van der Waals surface area contributed by atoms with Crippen LogP contribution in [0.2, 0.25) is 0 Å². The van der Waals surface area contributed by atoms with E-state index >= 15 is 0 Å². The Kier molecular flexibility index (Phi) is 13.2. The largest absolute Gasteiger partial charge is 1.00 e. The molecule has 0 bridgehead atoms. The first-order valence-corrected chi connectivity index (χ1v) is 6.88. The number of rotatable bonds is 8. The molecule has 2 N–H and O–H groups in total. The maximum absolute atomic E-state index is 11.3. The number of carboxylic acid groups (broad SMARTS) is 2. The zero-order valence-corrected chi connectivity index (χ0v) is 18.8. The number of carbonyl (C=O) groups is 3. The second kappa shape index (κ2) is 12.5. The third-order valence-corrected chi connectivity index (χ3v) is 3.05. The van der Waals surface area contributed by atoms with Crippen molar-refractivity contribution in [3.63, 3.8) is 0 Å². The van der Waals surface area contributed by atoms with Gasteiger partial charge in [0, 0.05) is 0 Å². The molecule has 0 heterocycles. The van der Waals surface area contributed by atoms with Crippen molar-refractivity contribution in [3.05, 3.63) is 41.0 Å². The van der Waals surface area contributed by atoms with Gasteiger partial charge in [0.25, 0.3) is 5.91 Å². The number of benzene rings is 1. The molecule has 0 spiro atoms. The summed E-state index contributed by atoms with van der Waals surface area (Å²) in [6, 6.07) is 6.18. The van der Waals surface area contributed by atoms with Crippen LogP contribution >= 0.6 is 0 Å². The Hall–Kier alpha value is -0.830. The van der Waals surface area contributed by atoms with E-state index in [0.717, 1.165) is 0 Å². The zero-order valence-electron chi connectivity index (χ0n) is 14.8. The molecule has 1 aromatic carbocycles. The molecule has 7 nitrogen and oxygen atoms in total. The Balaban J connectivity index is 0. The van der Waals surface area contributed by atoms with Crippen LogP contribution in [0.3, 0.4) is 0 Å². The smallest absolute Gasteiger partial charge is 0.545 e. The molecule has 0 saturated carbocycles. The molecule has 0 radical (unpaired) electrons. The average molecular weight is 365 g/mol. The number of amides is 1. The number of ether oxygens (including phenoxy) is 1. The van der Waals surface area contributed by atoms with E-state index in [1.807, 2.05) is 0 Å². The van der Waals surface area contributed by atoms with Gasteiger partial charge < -0.3 is 30.3 Å². The monoisotopic (exact) mass is 365 g/mol. The van der Waals surface area contributed by atoms with Gasteiger partial charge in [-0.15, -0.1) is 0 Å². The van der Waals surface area contributed by atoms with Crippen LogP contribution in [-0.2, 0) is 20.8 Å². The molecule has 0 aliphatic carbocycles. The second-order valence-electron chi connectivity index (χ2n) is 5.20. The molecular weight excluding hydrogens is 348 g/mol. The summed E-state index contributed by atoms with van der Waals surface area (Å²) < 4.78 is 5.08. The number of carboxylic acids is 2. The first-order chi connectivity index (χ1) is 10.7. The summed E-state index contributed by atoms with van der Waals surface area (Å²) in [5.74, 6) is -3.83. The Morgan fingerprint density at radius 1 is 1.04 bits per heavy atom. The van der Waals surface area contributed by atoms with Gasteiger partial charge in [-0.05, 0) is 41.2 Å². The minimum atomic E-state index is -1.55. The van der Waals surface area contributed by atoms with Gasteiger partial charge in [-0.3, -0.25) is 4.79 Å². The van der Waals surface area contributed by atoms with E-state index < -0.39 is 23.8 Å². The summed E-state index contributed by atoms with van der Waals surface area (Å²) >= 11 is 0. The third kappa shape index (κ3) is 8.89. The van der Waals surface area contributed by atoms with Crippen LogP contribution in [0.5, 0.6) is 5.75 Å². The molecule has 124 valence electrons. The van der Waals surface area contributed by atoms with Crippen LogP contribution in [-0.4, -0.2) is 24.5 Å². The first-order valence-electron chi connectivity index (χ1n) is 6.88. The van der Waals surface area contributed by atoms with E-state index in [0.29, 0.717) is 11.3 Å². The summed E-state index contributed by atoms with van der Waals surface area (Å²) in [6.07, 6.45) is -0.125. The van der Waals surface area contributed by atoms with Crippen molar-refractivity contribution in [1.29, 1.82) is 0 Å². The van der Waals surface area contributed by atoms with Crippen LogP contribution in [0.15, 0.2) is 35.4 Å². The van der Waals surface area contributed by atoms with Crippen LogP contribution in [0.25, 0.3) is 0 Å². The van der Waals surface area contributed by atoms with E-state index in [2.05, 4.69) is 0 Å². The Labute approximate surface area is 190 Å². The van der Waals surface area contributed by atoms with Crippen LogP contribution in [0, 0.1) is 5.92 Å². The standard InChI is InChI=1S/C16H19NO6.2Na/c1-9(2)14(16(21)22)12(15(19)20)7-10-3-5-11(6-4-10)23-8-13(17)18;;/h3-6,9H,7-8H2,1-2H3,(H2,17,18)(H,19,20)(H,21,22);;/q;2*+1/p-2. The molecule has 0 aromatic heterocycles. The fourth-order valence-corrected chi connectivity index (χ4v) is 2.05. The van der Waals surface area contributed by atoms with Crippen LogP contribution < -0.4 is 79.8 Å². The topological polar surface area (TPSA) is 133 Å². The van der Waals surface area contributed by atoms with Crippen molar-refractivity contribution < 1.29 is 88.4 Å². The minimum absolute atomic E-state index is 0. The van der Waals surface area contributed by atoms with E-state index in [-0.39, 0.29) is 83.3 Å². The molecule has 0 fully saturated rings. The third-order valence-electron chi connectivity index (χ3n) is 3.05. The fourth-order valence-electron chi connectivity index (χ4n) is 2.05. The van der Waals surface area contributed by atoms with Crippen molar-refractivity contribution in [2.24, 2.45) is 11.7 Å². The number of carbonyl (C=O) groups excluding carboxylic acids is 3. The van der Waals surface area contributed by atoms with Crippen molar-refractivity contribution in [3.8, 4) is 5.75 Å². The number of hydrogen-bond donors (Lipinski definition) is 1. The van der Waals surface area contributed by atoms with Crippen molar-refractivity contribution in [2.75, 3.05) is 6.61 Å². The molecule has 0 saturated heterocycles. The summed E-state index contributed by atoms with van der Waals surface area (Å²) in [6.45, 7) is 2.86. The number of hydrogen-bond acceptors (Lipinski definition) is 6. The van der Waals surface area contributed by atoms with Gasteiger partial charge in [0.05, 0.1) is 11.9 Å². The Morgan fingerprint density at radius 3 is 1.92 bits per heavy atom. The van der Waals surface area contributed by atoms with Crippen molar-refractivity contribution >= 4 is 17.8 Å². The van der Waals surface area contributed by atoms with Gasteiger partial charge in [-0.2, -0.15) is 0 Å². The predicted molar refractivity (Wildman–Crippen MR) is 76.7 cm³/mol. The second-order valence-corrected chi connectivity index (χ2v) is 5.20. The van der Waals surface area contributed by atoms with Crippen LogP contribution in [0.4, 0.5) is 0 Å². The molecule has 9 heteroatoms. The van der Waals surface area contributed by atoms with E-state index in [1.165, 1.54) is 12.1 Å². The molecule has 0 atom stereocenters. The molecule has 0 unspecified atom stereocenters. The molecule has 1 aromatic rings. The van der Waals surface area contributed by atoms with E-state index in [4.69, 9.17) is 10.5 Å². The van der Waals surface area contributed by atoms with Crippen LogP contribution in [0.1, 0.15) is 19.4 Å². The summed E-state index contributed by atoms with van der Waals surface area (Å²) in [7, 11) is 0. The summed E-state index contributed by atoms with van der Waals surface area (Å²) in [4.78, 5) is 33.0. The zero-order chi connectivity index (χ0) is 17.6. The Bertz CT molecular complexity index is 641.